The average molecular weight is 288 g/mol. The lowest BCUT2D eigenvalue weighted by Gasteiger charge is -2.28. The second kappa shape index (κ2) is 8.35. The molecule has 112 valence electrons. The molecule has 4 nitrogen and oxygen atoms in total. The molecule has 0 aromatic carbocycles. The summed E-state index contributed by atoms with van der Waals surface area (Å²) in [5.74, 6) is 0. The van der Waals surface area contributed by atoms with Gasteiger partial charge in [-0.25, -0.2) is 0 Å². The van der Waals surface area contributed by atoms with E-state index in [0.717, 1.165) is 12.8 Å². The van der Waals surface area contributed by atoms with Crippen molar-refractivity contribution in [3.8, 4) is 0 Å². The molecule has 0 fully saturated rings. The first-order valence-electron chi connectivity index (χ1n) is 7.22. The van der Waals surface area contributed by atoms with E-state index in [9.17, 15) is 9.59 Å². The molecule has 0 aliphatic carbocycles. The Bertz CT molecular complexity index is 270. The van der Waals surface area contributed by atoms with Gasteiger partial charge in [0.05, 0.1) is 12.2 Å². The summed E-state index contributed by atoms with van der Waals surface area (Å²) in [7, 11) is -2.85. The van der Waals surface area contributed by atoms with Crippen molar-refractivity contribution >= 4 is 19.3 Å². The highest BCUT2D eigenvalue weighted by atomic mass is 28.3. The van der Waals surface area contributed by atoms with E-state index >= 15 is 0 Å². The van der Waals surface area contributed by atoms with Gasteiger partial charge in [0.2, 0.25) is 0 Å². The zero-order valence-corrected chi connectivity index (χ0v) is 14.1. The molecule has 0 unspecified atom stereocenters. The maximum Gasteiger partial charge on any atom is 0.311 e. The van der Waals surface area contributed by atoms with Crippen LogP contribution in [0.5, 0.6) is 0 Å². The molecule has 0 aromatic heterocycles. The molecule has 0 N–H and O–H groups in total. The van der Waals surface area contributed by atoms with Gasteiger partial charge in [0, 0.05) is 0 Å². The van der Waals surface area contributed by atoms with E-state index in [1.807, 2.05) is 41.5 Å². The maximum absolute atomic E-state index is 12.4. The lowest BCUT2D eigenvalue weighted by Crippen LogP contribution is -2.53. The molecule has 0 spiro atoms. The first-order valence-corrected chi connectivity index (χ1v) is 9.63. The molecule has 0 heterocycles. The number of carbonyl (C=O) groups excluding carboxylic acids is 2. The van der Waals surface area contributed by atoms with Gasteiger partial charge in [0.15, 0.2) is 0 Å². The van der Waals surface area contributed by atoms with Crippen LogP contribution in [0.15, 0.2) is 0 Å². The van der Waals surface area contributed by atoms with E-state index in [1.54, 1.807) is 0 Å². The molecule has 0 bridgehead atoms. The molecule has 0 radical (unpaired) electrons. The minimum atomic E-state index is -2.85. The van der Waals surface area contributed by atoms with Crippen LogP contribution in [-0.2, 0) is 9.47 Å². The highest BCUT2D eigenvalue weighted by molar-refractivity contribution is 7.23. The Hall–Kier alpha value is -0.843. The fourth-order valence-electron chi connectivity index (χ4n) is 2.12. The van der Waals surface area contributed by atoms with Crippen molar-refractivity contribution in [2.45, 2.75) is 78.7 Å². The Balaban J connectivity index is 5.27. The normalized spacial score (nSPS) is 11.8. The van der Waals surface area contributed by atoms with Crippen molar-refractivity contribution in [1.29, 1.82) is 0 Å². The third kappa shape index (κ3) is 5.34. The van der Waals surface area contributed by atoms with Crippen molar-refractivity contribution in [3.05, 3.63) is 0 Å². The van der Waals surface area contributed by atoms with Crippen LogP contribution in [0.4, 0.5) is 9.59 Å². The van der Waals surface area contributed by atoms with E-state index in [-0.39, 0.29) is 23.4 Å². The Morgan fingerprint density at radius 2 is 1.16 bits per heavy atom. The van der Waals surface area contributed by atoms with Crippen LogP contribution in [0, 0.1) is 0 Å². The highest BCUT2D eigenvalue weighted by Gasteiger charge is 2.51. The van der Waals surface area contributed by atoms with Gasteiger partial charge in [-0.2, -0.15) is 0 Å². The van der Waals surface area contributed by atoms with Gasteiger partial charge in [-0.15, -0.1) is 0 Å². The summed E-state index contributed by atoms with van der Waals surface area (Å²) < 4.78 is 10.7. The molecule has 0 rings (SSSR count). The van der Waals surface area contributed by atoms with E-state index in [4.69, 9.17) is 9.47 Å². The summed E-state index contributed by atoms with van der Waals surface area (Å²) in [6.45, 7) is 11.2. The summed E-state index contributed by atoms with van der Waals surface area (Å²) in [6, 6.07) is 1.22. The topological polar surface area (TPSA) is 52.6 Å². The third-order valence-corrected chi connectivity index (χ3v) is 7.33. The molecule has 19 heavy (non-hydrogen) atoms. The first-order chi connectivity index (χ1) is 8.80. The zero-order valence-electron chi connectivity index (χ0n) is 13.1. The van der Waals surface area contributed by atoms with Crippen LogP contribution < -0.4 is 0 Å². The highest BCUT2D eigenvalue weighted by Crippen LogP contribution is 2.26. The fourth-order valence-corrected chi connectivity index (χ4v) is 5.99. The summed E-state index contributed by atoms with van der Waals surface area (Å²) in [6.07, 6.45) is 1.21. The number of rotatable bonds is 8. The smallest absolute Gasteiger partial charge is 0.311 e. The molecule has 0 aromatic rings. The predicted molar refractivity (Wildman–Crippen MR) is 79.2 cm³/mol. The van der Waals surface area contributed by atoms with Gasteiger partial charge >= 0.3 is 8.07 Å². The zero-order chi connectivity index (χ0) is 15.1. The van der Waals surface area contributed by atoms with Crippen LogP contribution >= 0.6 is 0 Å². The minimum Gasteiger partial charge on any atom is -0.467 e. The summed E-state index contributed by atoms with van der Waals surface area (Å²) in [5.41, 5.74) is -0.617. The van der Waals surface area contributed by atoms with Crippen LogP contribution in [0.1, 0.15) is 54.4 Å². The quantitative estimate of drug-likeness (QED) is 0.617. The number of carbonyl (C=O) groups is 2. The SMILES string of the molecule is CCC[Si](CCC)(C(=O)OC(C)C)C(=O)OC(C)C. The van der Waals surface area contributed by atoms with Gasteiger partial charge in [-0.05, 0) is 39.8 Å². The lowest BCUT2D eigenvalue weighted by atomic mass is 10.5. The summed E-state index contributed by atoms with van der Waals surface area (Å²) in [4.78, 5) is 24.8. The van der Waals surface area contributed by atoms with Gasteiger partial charge in [0.1, 0.15) is 0 Å². The number of hydrogen-bond donors (Lipinski definition) is 0. The second-order valence-electron chi connectivity index (χ2n) is 5.49. The minimum absolute atomic E-state index is 0.195. The van der Waals surface area contributed by atoms with E-state index in [0.29, 0.717) is 12.1 Å². The standard InChI is InChI=1S/C14H28O4Si/c1-7-9-19(10-8-2,13(15)17-11(3)4)14(16)18-12(5)6/h11-12H,7-10H2,1-6H3. The molecule has 0 aliphatic rings. The Morgan fingerprint density at radius 3 is 1.37 bits per heavy atom. The van der Waals surface area contributed by atoms with Crippen LogP contribution in [0.3, 0.4) is 0 Å². The first kappa shape index (κ1) is 18.2. The molecular weight excluding hydrogens is 260 g/mol. The third-order valence-electron chi connectivity index (χ3n) is 2.82. The van der Waals surface area contributed by atoms with Crippen LogP contribution in [0.25, 0.3) is 0 Å². The largest absolute Gasteiger partial charge is 0.467 e. The summed E-state index contributed by atoms with van der Waals surface area (Å²) in [5, 5.41) is 0. The van der Waals surface area contributed by atoms with Gasteiger partial charge < -0.3 is 9.47 Å². The fraction of sp³-hybridized carbons (Fsp3) is 0.857. The molecule has 0 aliphatic heterocycles. The predicted octanol–water partition coefficient (Wildman–Crippen LogP) is 4.51. The molecule has 0 saturated carbocycles. The van der Waals surface area contributed by atoms with E-state index in [2.05, 4.69) is 0 Å². The average Bonchev–Trinajstić information content (AvgIpc) is 2.26. The van der Waals surface area contributed by atoms with Crippen molar-refractivity contribution in [2.24, 2.45) is 0 Å². The van der Waals surface area contributed by atoms with Gasteiger partial charge in [-0.3, -0.25) is 9.59 Å². The molecule has 0 atom stereocenters. The monoisotopic (exact) mass is 288 g/mol. The van der Waals surface area contributed by atoms with Crippen molar-refractivity contribution in [2.75, 3.05) is 0 Å². The maximum atomic E-state index is 12.4. The molecule has 0 amide bonds. The second-order valence-corrected chi connectivity index (χ2v) is 9.47. The van der Waals surface area contributed by atoms with Crippen molar-refractivity contribution < 1.29 is 19.1 Å². The molecule has 5 heteroatoms. The van der Waals surface area contributed by atoms with Gasteiger partial charge in [-0.1, -0.05) is 26.7 Å². The van der Waals surface area contributed by atoms with Crippen LogP contribution in [0.2, 0.25) is 12.1 Å². The van der Waals surface area contributed by atoms with Gasteiger partial charge in [0.25, 0.3) is 11.2 Å². The van der Waals surface area contributed by atoms with E-state index in [1.165, 1.54) is 0 Å². The number of ether oxygens (including phenoxy) is 2. The summed E-state index contributed by atoms with van der Waals surface area (Å²) >= 11 is 0. The molecule has 0 saturated heterocycles. The lowest BCUT2D eigenvalue weighted by molar-refractivity contribution is 0.128. The molecular formula is C14H28O4Si. The van der Waals surface area contributed by atoms with Crippen molar-refractivity contribution in [1.82, 2.24) is 0 Å². The van der Waals surface area contributed by atoms with Crippen LogP contribution in [-0.4, -0.2) is 31.5 Å². The Kier molecular flexibility index (Phi) is 7.98. The number of hydrogen-bond acceptors (Lipinski definition) is 4. The Labute approximate surface area is 117 Å². The Morgan fingerprint density at radius 1 is 0.842 bits per heavy atom. The van der Waals surface area contributed by atoms with Crippen molar-refractivity contribution in [3.63, 3.8) is 0 Å². The van der Waals surface area contributed by atoms with E-state index < -0.39 is 8.07 Å².